The minimum atomic E-state index is -0.221. The molecule has 5 nitrogen and oxygen atoms in total. The van der Waals surface area contributed by atoms with Gasteiger partial charge in [-0.05, 0) is 26.2 Å². The second-order valence-electron chi connectivity index (χ2n) is 5.40. The van der Waals surface area contributed by atoms with Crippen LogP contribution in [0.1, 0.15) is 33.6 Å². The van der Waals surface area contributed by atoms with Crippen molar-refractivity contribution in [3.8, 4) is 0 Å². The fraction of sp³-hybridized carbons (Fsp3) is 0.846. The third kappa shape index (κ3) is 3.98. The molecule has 1 heterocycles. The number of nitrogens with one attached hydrogen (secondary N) is 1. The number of likely N-dealkylation sites (tertiary alicyclic amines) is 1. The molecule has 0 saturated carbocycles. The first-order chi connectivity index (χ1) is 8.45. The lowest BCUT2D eigenvalue weighted by molar-refractivity contribution is -0.130. The van der Waals surface area contributed by atoms with Gasteiger partial charge in [0.2, 0.25) is 11.8 Å². The molecule has 0 spiro atoms. The summed E-state index contributed by atoms with van der Waals surface area (Å²) in [7, 11) is 0. The summed E-state index contributed by atoms with van der Waals surface area (Å²) in [4.78, 5) is 25.4. The molecule has 1 aliphatic rings. The first-order valence-electron chi connectivity index (χ1n) is 6.63. The molecule has 5 heteroatoms. The number of carbonyl (C=O) groups excluding carboxylic acids is 2. The normalized spacial score (nSPS) is 21.5. The van der Waals surface area contributed by atoms with E-state index in [9.17, 15) is 9.59 Å². The Labute approximate surface area is 109 Å². The number of aliphatic hydroxyl groups excluding tert-OH is 1. The van der Waals surface area contributed by atoms with Gasteiger partial charge in [-0.25, -0.2) is 0 Å². The van der Waals surface area contributed by atoms with Gasteiger partial charge in [0, 0.05) is 32.2 Å². The monoisotopic (exact) mass is 256 g/mol. The summed E-state index contributed by atoms with van der Waals surface area (Å²) < 4.78 is 0. The molecule has 2 N–H and O–H groups in total. The molecule has 2 atom stereocenters. The first-order valence-corrected chi connectivity index (χ1v) is 6.63. The molecule has 0 radical (unpaired) electrons. The lowest BCUT2D eigenvalue weighted by Gasteiger charge is -2.21. The maximum absolute atomic E-state index is 11.9. The Morgan fingerprint density at radius 3 is 2.67 bits per heavy atom. The van der Waals surface area contributed by atoms with Crippen LogP contribution in [0.25, 0.3) is 0 Å². The van der Waals surface area contributed by atoms with Gasteiger partial charge in [-0.3, -0.25) is 9.59 Å². The Bertz CT molecular complexity index is 305. The SMILES string of the molecule is CC(CCO)CNC(=O)C1CC(=O)N(C(C)C)C1. The molecular weight excluding hydrogens is 232 g/mol. The van der Waals surface area contributed by atoms with Crippen LogP contribution in [0.15, 0.2) is 0 Å². The van der Waals surface area contributed by atoms with Crippen LogP contribution in [0.2, 0.25) is 0 Å². The van der Waals surface area contributed by atoms with Crippen LogP contribution in [-0.4, -0.2) is 47.6 Å². The van der Waals surface area contributed by atoms with Crippen molar-refractivity contribution in [1.29, 1.82) is 0 Å². The van der Waals surface area contributed by atoms with Crippen molar-refractivity contribution in [3.05, 3.63) is 0 Å². The fourth-order valence-electron chi connectivity index (χ4n) is 2.15. The van der Waals surface area contributed by atoms with E-state index in [0.717, 1.165) is 0 Å². The predicted molar refractivity (Wildman–Crippen MR) is 68.8 cm³/mol. The summed E-state index contributed by atoms with van der Waals surface area (Å²) in [6.07, 6.45) is 1.00. The number of carbonyl (C=O) groups is 2. The van der Waals surface area contributed by atoms with Crippen LogP contribution in [-0.2, 0) is 9.59 Å². The summed E-state index contributed by atoms with van der Waals surface area (Å²) in [5, 5.41) is 11.6. The average molecular weight is 256 g/mol. The van der Waals surface area contributed by atoms with E-state index in [1.54, 1.807) is 4.90 Å². The summed E-state index contributed by atoms with van der Waals surface area (Å²) in [6.45, 7) is 7.13. The minimum absolute atomic E-state index is 0.0451. The van der Waals surface area contributed by atoms with Crippen LogP contribution in [0.3, 0.4) is 0 Å². The summed E-state index contributed by atoms with van der Waals surface area (Å²) in [5.41, 5.74) is 0. The molecule has 0 aromatic heterocycles. The molecule has 104 valence electrons. The van der Waals surface area contributed by atoms with Crippen molar-refractivity contribution in [2.75, 3.05) is 19.7 Å². The van der Waals surface area contributed by atoms with Gasteiger partial charge in [-0.1, -0.05) is 6.92 Å². The van der Waals surface area contributed by atoms with Crippen LogP contribution in [0, 0.1) is 11.8 Å². The smallest absolute Gasteiger partial charge is 0.225 e. The lowest BCUT2D eigenvalue weighted by Crippen LogP contribution is -2.37. The van der Waals surface area contributed by atoms with Crippen molar-refractivity contribution in [1.82, 2.24) is 10.2 Å². The van der Waals surface area contributed by atoms with E-state index in [4.69, 9.17) is 5.11 Å². The van der Waals surface area contributed by atoms with E-state index in [0.29, 0.717) is 25.9 Å². The first kappa shape index (κ1) is 15.0. The Kier molecular flexibility index (Phi) is 5.59. The van der Waals surface area contributed by atoms with Crippen LogP contribution >= 0.6 is 0 Å². The lowest BCUT2D eigenvalue weighted by atomic mass is 10.1. The molecule has 0 aliphatic carbocycles. The van der Waals surface area contributed by atoms with Gasteiger partial charge in [0.25, 0.3) is 0 Å². The standard InChI is InChI=1S/C13H24N2O3/c1-9(2)15-8-11(6-12(15)17)13(18)14-7-10(3)4-5-16/h9-11,16H,4-8H2,1-3H3,(H,14,18). The molecule has 1 saturated heterocycles. The molecule has 1 rings (SSSR count). The number of aliphatic hydroxyl groups is 1. The van der Waals surface area contributed by atoms with Gasteiger partial charge < -0.3 is 15.3 Å². The molecule has 0 aromatic rings. The summed E-state index contributed by atoms with van der Waals surface area (Å²) >= 11 is 0. The van der Waals surface area contributed by atoms with E-state index in [-0.39, 0.29) is 36.3 Å². The zero-order valence-electron chi connectivity index (χ0n) is 11.5. The average Bonchev–Trinajstić information content (AvgIpc) is 2.69. The minimum Gasteiger partial charge on any atom is -0.396 e. The molecule has 0 bridgehead atoms. The van der Waals surface area contributed by atoms with Crippen LogP contribution in [0.5, 0.6) is 0 Å². The maximum atomic E-state index is 11.9. The molecule has 1 aliphatic heterocycles. The highest BCUT2D eigenvalue weighted by Crippen LogP contribution is 2.20. The zero-order valence-corrected chi connectivity index (χ0v) is 11.5. The topological polar surface area (TPSA) is 69.6 Å². The van der Waals surface area contributed by atoms with Gasteiger partial charge in [-0.15, -0.1) is 0 Å². The third-order valence-electron chi connectivity index (χ3n) is 3.40. The second kappa shape index (κ2) is 6.73. The van der Waals surface area contributed by atoms with Gasteiger partial charge >= 0.3 is 0 Å². The van der Waals surface area contributed by atoms with Crippen molar-refractivity contribution >= 4 is 11.8 Å². The highest BCUT2D eigenvalue weighted by Gasteiger charge is 2.35. The van der Waals surface area contributed by atoms with Crippen molar-refractivity contribution in [2.24, 2.45) is 11.8 Å². The summed E-state index contributed by atoms with van der Waals surface area (Å²) in [5.74, 6) is 0.0586. The fourth-order valence-corrected chi connectivity index (χ4v) is 2.15. The number of hydrogen-bond donors (Lipinski definition) is 2. The van der Waals surface area contributed by atoms with E-state index in [1.165, 1.54) is 0 Å². The third-order valence-corrected chi connectivity index (χ3v) is 3.40. The van der Waals surface area contributed by atoms with E-state index >= 15 is 0 Å². The Hall–Kier alpha value is -1.10. The van der Waals surface area contributed by atoms with E-state index < -0.39 is 0 Å². The largest absolute Gasteiger partial charge is 0.396 e. The number of hydrogen-bond acceptors (Lipinski definition) is 3. The van der Waals surface area contributed by atoms with Crippen molar-refractivity contribution < 1.29 is 14.7 Å². The Morgan fingerprint density at radius 2 is 2.17 bits per heavy atom. The number of amides is 2. The van der Waals surface area contributed by atoms with Gasteiger partial charge in [0.15, 0.2) is 0 Å². The second-order valence-corrected chi connectivity index (χ2v) is 5.40. The van der Waals surface area contributed by atoms with Crippen LogP contribution in [0.4, 0.5) is 0 Å². The molecule has 2 amide bonds. The molecule has 18 heavy (non-hydrogen) atoms. The maximum Gasteiger partial charge on any atom is 0.225 e. The Balaban J connectivity index is 2.38. The van der Waals surface area contributed by atoms with Crippen molar-refractivity contribution in [2.45, 2.75) is 39.7 Å². The highest BCUT2D eigenvalue weighted by molar-refractivity contribution is 5.89. The highest BCUT2D eigenvalue weighted by atomic mass is 16.3. The number of rotatable bonds is 6. The van der Waals surface area contributed by atoms with Crippen molar-refractivity contribution in [3.63, 3.8) is 0 Å². The quantitative estimate of drug-likeness (QED) is 0.722. The zero-order chi connectivity index (χ0) is 13.7. The van der Waals surface area contributed by atoms with E-state index in [1.807, 2.05) is 20.8 Å². The molecule has 1 fully saturated rings. The molecule has 0 aromatic carbocycles. The molecular formula is C13H24N2O3. The van der Waals surface area contributed by atoms with Gasteiger partial charge in [0.05, 0.1) is 5.92 Å². The number of nitrogens with zero attached hydrogens (tertiary/aromatic N) is 1. The van der Waals surface area contributed by atoms with Crippen LogP contribution < -0.4 is 5.32 Å². The van der Waals surface area contributed by atoms with E-state index in [2.05, 4.69) is 5.32 Å². The van der Waals surface area contributed by atoms with Gasteiger partial charge in [-0.2, -0.15) is 0 Å². The predicted octanol–water partition coefficient (Wildman–Crippen LogP) is 0.378. The Morgan fingerprint density at radius 1 is 1.50 bits per heavy atom. The molecule has 2 unspecified atom stereocenters. The van der Waals surface area contributed by atoms with Gasteiger partial charge in [0.1, 0.15) is 0 Å². The summed E-state index contributed by atoms with van der Waals surface area (Å²) in [6, 6.07) is 0.156.